The number of hydrogen-bond donors (Lipinski definition) is 0. The minimum absolute atomic E-state index is 0.0254. The predicted molar refractivity (Wildman–Crippen MR) is 248 cm³/mol. The average molecular weight is 839 g/mol. The van der Waals surface area contributed by atoms with Gasteiger partial charge >= 0.3 is 6.09 Å². The normalized spacial score (nSPS) is 38.1. The zero-order valence-electron chi connectivity index (χ0n) is 40.6. The Morgan fingerprint density at radius 2 is 1.42 bits per heavy atom. The summed E-state index contributed by atoms with van der Waals surface area (Å²) < 4.78 is 25.3. The van der Waals surface area contributed by atoms with E-state index in [0.717, 1.165) is 30.6 Å². The molecule has 6 saturated carbocycles. The van der Waals surface area contributed by atoms with Crippen LogP contribution in [0.4, 0.5) is 4.79 Å². The second kappa shape index (κ2) is 23.8. The largest absolute Gasteiger partial charge is 0.447 e. The molecule has 0 bridgehead atoms. The second-order valence-corrected chi connectivity index (χ2v) is 19.5. The average Bonchev–Trinajstić information content (AvgIpc) is 4.15. The highest BCUT2D eigenvalue weighted by Gasteiger charge is 2.84. The van der Waals surface area contributed by atoms with E-state index in [9.17, 15) is 9.59 Å². The SMILES string of the molecule is C#C.C#C.C=C.CC.CCC.CCC.C[C@@H]1C23CC[C@H](OC4CN(C(=O)CC5CC5)CCO4)C(C)(C)C2CC[C@H]2C4C[C@H]5O[C@@H](COC(=O)N(C)C)CCC5[C@@]4(C)CC[C@]123. The molecule has 0 radical (unpaired) electrons. The van der Waals surface area contributed by atoms with Crippen molar-refractivity contribution in [3.8, 4) is 25.7 Å². The number of carbonyl (C=O) groups excluding carboxylic acids is 2. The second-order valence-electron chi connectivity index (χ2n) is 19.5. The van der Waals surface area contributed by atoms with E-state index in [-0.39, 0.29) is 35.9 Å². The van der Waals surface area contributed by atoms with Crippen molar-refractivity contribution >= 4 is 12.0 Å². The maximum absolute atomic E-state index is 12.9. The fourth-order valence-electron chi connectivity index (χ4n) is 13.5. The summed E-state index contributed by atoms with van der Waals surface area (Å²) in [6, 6.07) is 0. The minimum Gasteiger partial charge on any atom is -0.447 e. The van der Waals surface area contributed by atoms with E-state index in [2.05, 4.69) is 94.2 Å². The molecular weight excluding hydrogens is 749 g/mol. The van der Waals surface area contributed by atoms with Crippen molar-refractivity contribution in [1.29, 1.82) is 0 Å². The lowest BCUT2D eigenvalue weighted by Gasteiger charge is -2.59. The lowest BCUT2D eigenvalue weighted by molar-refractivity contribution is -0.244. The van der Waals surface area contributed by atoms with Crippen LogP contribution in [0.15, 0.2) is 13.2 Å². The van der Waals surface area contributed by atoms with E-state index in [4.69, 9.17) is 18.9 Å². The highest BCUT2D eigenvalue weighted by Crippen LogP contribution is 2.89. The fraction of sp³-hybridized carbons (Fsp3) is 0.846. The molecule has 8 nitrogen and oxygen atoms in total. The molecule has 8 fully saturated rings. The number of hydrogen-bond acceptors (Lipinski definition) is 6. The molecular formula is C52H90N2O6. The molecule has 0 aromatic heterocycles. The molecule has 2 heterocycles. The number of terminal acetylenes is 2. The Balaban J connectivity index is 0.000000798. The lowest BCUT2D eigenvalue weighted by atomic mass is 9.46. The third kappa shape index (κ3) is 10.5. The topological polar surface area (TPSA) is 77.5 Å². The molecule has 60 heavy (non-hydrogen) atoms. The Morgan fingerprint density at radius 3 is 2.00 bits per heavy atom. The number of carbonyl (C=O) groups is 2. The van der Waals surface area contributed by atoms with E-state index in [1.165, 1.54) is 75.5 Å². The first kappa shape index (κ1) is 53.6. The summed E-state index contributed by atoms with van der Waals surface area (Å²) in [7, 11) is 3.47. The molecule has 0 aromatic rings. The van der Waals surface area contributed by atoms with Crippen LogP contribution in [0.25, 0.3) is 0 Å². The van der Waals surface area contributed by atoms with E-state index in [1.807, 2.05) is 18.7 Å². The van der Waals surface area contributed by atoms with Crippen LogP contribution >= 0.6 is 0 Å². The lowest BCUT2D eigenvalue weighted by Crippen LogP contribution is -2.56. The van der Waals surface area contributed by atoms with E-state index < -0.39 is 0 Å². The highest BCUT2D eigenvalue weighted by molar-refractivity contribution is 5.76. The van der Waals surface area contributed by atoms with Gasteiger partial charge in [0, 0.05) is 27.1 Å². The summed E-state index contributed by atoms with van der Waals surface area (Å²) in [6.07, 6.45) is 32.6. The van der Waals surface area contributed by atoms with Crippen LogP contribution < -0.4 is 0 Å². The third-order valence-corrected chi connectivity index (χ3v) is 15.9. The zero-order chi connectivity index (χ0) is 45.6. The Labute approximate surface area is 369 Å². The maximum Gasteiger partial charge on any atom is 0.409 e. The van der Waals surface area contributed by atoms with Gasteiger partial charge < -0.3 is 28.7 Å². The Bertz CT molecular complexity index is 1350. The Hall–Kier alpha value is -2.52. The summed E-state index contributed by atoms with van der Waals surface area (Å²) in [6.45, 7) is 31.0. The molecule has 0 aromatic carbocycles. The van der Waals surface area contributed by atoms with Crippen LogP contribution in [0.1, 0.15) is 159 Å². The van der Waals surface area contributed by atoms with Gasteiger partial charge in [0.2, 0.25) is 5.91 Å². The van der Waals surface area contributed by atoms with Gasteiger partial charge in [-0.2, -0.15) is 0 Å². The molecule has 2 aliphatic heterocycles. The number of rotatable bonds is 6. The monoisotopic (exact) mass is 839 g/mol. The Morgan fingerprint density at radius 1 is 0.817 bits per heavy atom. The van der Waals surface area contributed by atoms with Crippen molar-refractivity contribution in [3.05, 3.63) is 13.2 Å². The summed E-state index contributed by atoms with van der Waals surface area (Å²) in [5.41, 5.74) is 1.33. The van der Waals surface area contributed by atoms with Gasteiger partial charge in [0.25, 0.3) is 0 Å². The number of ether oxygens (including phenoxy) is 4. The quantitative estimate of drug-likeness (QED) is 0.196. The summed E-state index contributed by atoms with van der Waals surface area (Å²) in [5, 5.41) is 0. The smallest absolute Gasteiger partial charge is 0.409 e. The van der Waals surface area contributed by atoms with Gasteiger partial charge in [0.15, 0.2) is 6.29 Å². The maximum atomic E-state index is 12.9. The van der Waals surface area contributed by atoms with Crippen LogP contribution in [0.2, 0.25) is 0 Å². The van der Waals surface area contributed by atoms with Gasteiger partial charge in [-0.1, -0.05) is 82.1 Å². The number of morpholine rings is 1. The molecule has 8 aliphatic rings. The van der Waals surface area contributed by atoms with Gasteiger partial charge in [0.1, 0.15) is 6.61 Å². The molecule has 2 amide bonds. The molecule has 8 rings (SSSR count). The fourth-order valence-corrected chi connectivity index (χ4v) is 13.5. The molecule has 344 valence electrons. The van der Waals surface area contributed by atoms with E-state index in [0.29, 0.717) is 72.8 Å². The zero-order valence-corrected chi connectivity index (χ0v) is 40.6. The van der Waals surface area contributed by atoms with E-state index in [1.54, 1.807) is 14.1 Å². The standard InChI is InChI=1S/C38H60N2O6.2C3H8.C2H6.C2H4.2C2H2/c1-23-37-16-15-36(4)27-10-9-25(22-44-34(42)39(5)6)45-29(27)20-28(36)26(37)11-12-30-35(2,3)31(13-14-38(23,30)37)46-33-21-40(17-18-43-33)32(41)19-24-7-8-24;2*1-3-2;4*1-2/h23-31,33H,7-22H2,1-6H3;2*3H2,1-2H3;1-2H3;1-2H2;2*1-2H/t23-,25+,26-,27?,28?,29+,30?,31-,33?,36+,37-,38?;;;;;;/m0....../s1. The van der Waals surface area contributed by atoms with Crippen LogP contribution in [0.3, 0.4) is 0 Å². The van der Waals surface area contributed by atoms with Crippen molar-refractivity contribution in [1.82, 2.24) is 9.80 Å². The molecule has 0 N–H and O–H groups in total. The van der Waals surface area contributed by atoms with Crippen LogP contribution in [-0.4, -0.2) is 86.8 Å². The summed E-state index contributed by atoms with van der Waals surface area (Å²) in [4.78, 5) is 28.5. The molecule has 8 heteroatoms. The first-order valence-corrected chi connectivity index (χ1v) is 24.0. The van der Waals surface area contributed by atoms with Crippen molar-refractivity contribution in [2.45, 2.75) is 184 Å². The minimum atomic E-state index is -0.301. The number of nitrogens with zero attached hydrogens (tertiary/aromatic N) is 2. The molecule has 6 aliphatic carbocycles. The van der Waals surface area contributed by atoms with Crippen molar-refractivity contribution in [3.63, 3.8) is 0 Å². The van der Waals surface area contributed by atoms with E-state index >= 15 is 0 Å². The molecule has 5 unspecified atom stereocenters. The third-order valence-electron chi connectivity index (χ3n) is 15.9. The first-order chi connectivity index (χ1) is 28.7. The molecule has 2 saturated heterocycles. The molecule has 2 spiro atoms. The van der Waals surface area contributed by atoms with Gasteiger partial charge in [-0.15, -0.1) is 38.9 Å². The Kier molecular flexibility index (Phi) is 21.3. The number of fused-ring (bicyclic) bond motifs is 4. The summed E-state index contributed by atoms with van der Waals surface area (Å²) >= 11 is 0. The van der Waals surface area contributed by atoms with Gasteiger partial charge in [-0.3, -0.25) is 4.79 Å². The first-order valence-electron chi connectivity index (χ1n) is 24.0. The van der Waals surface area contributed by atoms with Crippen molar-refractivity contribution < 1.29 is 28.5 Å². The predicted octanol–water partition coefficient (Wildman–Crippen LogP) is 11.7. The highest BCUT2D eigenvalue weighted by atomic mass is 16.7. The van der Waals surface area contributed by atoms with Crippen molar-refractivity contribution in [2.75, 3.05) is 40.4 Å². The molecule has 12 atom stereocenters. The van der Waals surface area contributed by atoms with Crippen molar-refractivity contribution in [2.24, 2.45) is 57.2 Å². The van der Waals surface area contributed by atoms with Gasteiger partial charge in [-0.05, 0) is 128 Å². The van der Waals surface area contributed by atoms with Crippen LogP contribution in [0, 0.1) is 82.9 Å². The van der Waals surface area contributed by atoms with Crippen LogP contribution in [-0.2, 0) is 23.7 Å². The van der Waals surface area contributed by atoms with Gasteiger partial charge in [-0.25, -0.2) is 4.79 Å². The van der Waals surface area contributed by atoms with Crippen LogP contribution in [0.5, 0.6) is 0 Å². The van der Waals surface area contributed by atoms with Gasteiger partial charge in [0.05, 0.1) is 31.5 Å². The number of amides is 2. The summed E-state index contributed by atoms with van der Waals surface area (Å²) in [5.74, 6) is 4.49.